The van der Waals surface area contributed by atoms with E-state index < -0.39 is 12.7 Å². The van der Waals surface area contributed by atoms with E-state index in [1.165, 1.54) is 6.20 Å². The first kappa shape index (κ1) is 21.3. The fraction of sp³-hybridized carbons (Fsp3) is 0.200. The van der Waals surface area contributed by atoms with Gasteiger partial charge in [-0.15, -0.1) is 0 Å². The second-order valence-electron chi connectivity index (χ2n) is 6.19. The monoisotopic (exact) mass is 439 g/mol. The van der Waals surface area contributed by atoms with Crippen molar-refractivity contribution in [2.45, 2.75) is 24.4 Å². The molecule has 0 aliphatic carbocycles. The molecule has 3 aromatic rings. The Hall–Kier alpha value is -2.45. The van der Waals surface area contributed by atoms with Crippen LogP contribution in [0.25, 0.3) is 11.3 Å². The van der Waals surface area contributed by atoms with Gasteiger partial charge in [0.25, 0.3) is 0 Å². The van der Waals surface area contributed by atoms with Crippen molar-refractivity contribution in [2.75, 3.05) is 5.75 Å². The summed E-state index contributed by atoms with van der Waals surface area (Å²) in [7, 11) is 0. The minimum Gasteiger partial charge on any atom is -0.351 e. The molecule has 2 aromatic carbocycles. The van der Waals surface area contributed by atoms with Crippen LogP contribution in [0.3, 0.4) is 0 Å². The van der Waals surface area contributed by atoms with Crippen molar-refractivity contribution in [1.29, 1.82) is 0 Å². The zero-order chi connectivity index (χ0) is 20.9. The van der Waals surface area contributed by atoms with Crippen molar-refractivity contribution < 1.29 is 18.0 Å². The number of nitrogens with zero attached hydrogens (tertiary/aromatic N) is 2. The number of amides is 1. The third kappa shape index (κ3) is 6.27. The number of halogens is 4. The summed E-state index contributed by atoms with van der Waals surface area (Å²) in [5.41, 5.74) is 1.85. The lowest BCUT2D eigenvalue weighted by Crippen LogP contribution is -2.25. The highest BCUT2D eigenvalue weighted by Gasteiger charge is 2.31. The Morgan fingerprint density at radius 3 is 2.45 bits per heavy atom. The molecule has 0 saturated carbocycles. The maximum absolute atomic E-state index is 13.1. The Labute approximate surface area is 175 Å². The van der Waals surface area contributed by atoms with E-state index >= 15 is 0 Å². The number of hydrogen-bond donors (Lipinski definition) is 1. The lowest BCUT2D eigenvalue weighted by Gasteiger charge is -2.14. The minimum absolute atomic E-state index is 0.0450. The van der Waals surface area contributed by atoms with E-state index in [2.05, 4.69) is 10.3 Å². The number of nitrogens with one attached hydrogen (secondary N) is 1. The summed E-state index contributed by atoms with van der Waals surface area (Å²) in [6.45, 7) is -0.866. The molecule has 0 fully saturated rings. The summed E-state index contributed by atoms with van der Waals surface area (Å²) in [5, 5.41) is 3.47. The quantitative estimate of drug-likeness (QED) is 0.516. The van der Waals surface area contributed by atoms with Gasteiger partial charge in [0.1, 0.15) is 6.54 Å². The number of alkyl halides is 3. The number of carbonyl (C=O) groups is 1. The van der Waals surface area contributed by atoms with E-state index in [1.54, 1.807) is 54.6 Å². The largest absolute Gasteiger partial charge is 0.406 e. The normalized spacial score (nSPS) is 11.4. The third-order valence-corrected chi connectivity index (χ3v) is 5.20. The zero-order valence-corrected chi connectivity index (χ0v) is 16.7. The molecule has 1 N–H and O–H groups in total. The fourth-order valence-corrected chi connectivity index (χ4v) is 3.56. The summed E-state index contributed by atoms with van der Waals surface area (Å²) < 4.78 is 40.3. The van der Waals surface area contributed by atoms with Crippen LogP contribution in [0.1, 0.15) is 5.56 Å². The Morgan fingerprint density at radius 2 is 1.79 bits per heavy atom. The van der Waals surface area contributed by atoms with Crippen molar-refractivity contribution >= 4 is 29.3 Å². The van der Waals surface area contributed by atoms with Crippen LogP contribution in [0, 0.1) is 0 Å². The molecule has 0 aliphatic heterocycles. The molecule has 1 aromatic heterocycles. The van der Waals surface area contributed by atoms with Gasteiger partial charge >= 0.3 is 6.18 Å². The van der Waals surface area contributed by atoms with Gasteiger partial charge in [0.05, 0.1) is 17.6 Å². The topological polar surface area (TPSA) is 46.9 Å². The average Bonchev–Trinajstić information content (AvgIpc) is 3.07. The number of rotatable bonds is 7. The van der Waals surface area contributed by atoms with E-state index in [0.29, 0.717) is 22.8 Å². The summed E-state index contributed by atoms with van der Waals surface area (Å²) in [6.07, 6.45) is -3.01. The van der Waals surface area contributed by atoms with Gasteiger partial charge < -0.3 is 9.88 Å². The number of imidazole rings is 1. The van der Waals surface area contributed by atoms with E-state index in [9.17, 15) is 18.0 Å². The summed E-state index contributed by atoms with van der Waals surface area (Å²) in [4.78, 5) is 16.2. The minimum atomic E-state index is -4.41. The van der Waals surface area contributed by atoms with Crippen molar-refractivity contribution in [3.63, 3.8) is 0 Å². The molecular formula is C20H17ClF3N3OS. The first-order chi connectivity index (χ1) is 13.8. The van der Waals surface area contributed by atoms with Crippen LogP contribution >= 0.6 is 23.4 Å². The average molecular weight is 440 g/mol. The van der Waals surface area contributed by atoms with Gasteiger partial charge in [0, 0.05) is 11.6 Å². The van der Waals surface area contributed by atoms with E-state index in [1.807, 2.05) is 0 Å². The summed E-state index contributed by atoms with van der Waals surface area (Å²) >= 11 is 6.79. The van der Waals surface area contributed by atoms with Gasteiger partial charge in [-0.3, -0.25) is 4.79 Å². The molecule has 0 radical (unpaired) electrons. The standard InChI is InChI=1S/C20H17ClF3N3OS/c21-16-8-6-14(7-9-16)10-25-18(28)12-29-19-26-11-17(15-4-2-1-3-5-15)27(19)13-20(22,23)24/h1-9,11H,10,12-13H2,(H,25,28). The molecule has 0 bridgehead atoms. The van der Waals surface area contributed by atoms with E-state index in [-0.39, 0.29) is 16.8 Å². The SMILES string of the molecule is O=C(CSc1ncc(-c2ccccc2)n1CC(F)(F)F)NCc1ccc(Cl)cc1. The molecule has 152 valence electrons. The predicted octanol–water partition coefficient (Wildman–Crippen LogP) is 5.17. The fourth-order valence-electron chi connectivity index (χ4n) is 2.63. The van der Waals surface area contributed by atoms with Crippen molar-refractivity contribution in [1.82, 2.24) is 14.9 Å². The maximum Gasteiger partial charge on any atom is 0.406 e. The lowest BCUT2D eigenvalue weighted by atomic mass is 10.2. The number of hydrogen-bond acceptors (Lipinski definition) is 3. The highest BCUT2D eigenvalue weighted by Crippen LogP contribution is 2.29. The first-order valence-corrected chi connectivity index (χ1v) is 10.00. The maximum atomic E-state index is 13.1. The Bertz CT molecular complexity index is 959. The Morgan fingerprint density at radius 1 is 1.10 bits per heavy atom. The van der Waals surface area contributed by atoms with Crippen molar-refractivity contribution in [3.05, 3.63) is 71.4 Å². The highest BCUT2D eigenvalue weighted by molar-refractivity contribution is 7.99. The van der Waals surface area contributed by atoms with Gasteiger partial charge in [0.2, 0.25) is 5.91 Å². The third-order valence-electron chi connectivity index (χ3n) is 3.96. The molecule has 29 heavy (non-hydrogen) atoms. The van der Waals surface area contributed by atoms with Crippen LogP contribution in [-0.4, -0.2) is 27.4 Å². The van der Waals surface area contributed by atoms with Crippen LogP contribution in [0.5, 0.6) is 0 Å². The first-order valence-electron chi connectivity index (χ1n) is 8.63. The Balaban J connectivity index is 1.67. The molecule has 1 heterocycles. The molecule has 3 rings (SSSR count). The molecule has 0 spiro atoms. The molecule has 4 nitrogen and oxygen atoms in total. The highest BCUT2D eigenvalue weighted by atomic mass is 35.5. The van der Waals surface area contributed by atoms with Crippen LogP contribution in [0.4, 0.5) is 13.2 Å². The second-order valence-corrected chi connectivity index (χ2v) is 7.56. The Kier molecular flexibility index (Phi) is 6.87. The van der Waals surface area contributed by atoms with Crippen molar-refractivity contribution in [2.24, 2.45) is 0 Å². The second kappa shape index (κ2) is 9.37. The van der Waals surface area contributed by atoms with Gasteiger partial charge in [0.15, 0.2) is 5.16 Å². The molecule has 9 heteroatoms. The van der Waals surface area contributed by atoms with Crippen LogP contribution in [-0.2, 0) is 17.9 Å². The zero-order valence-electron chi connectivity index (χ0n) is 15.1. The van der Waals surface area contributed by atoms with Gasteiger partial charge in [-0.25, -0.2) is 4.98 Å². The predicted molar refractivity (Wildman–Crippen MR) is 108 cm³/mol. The van der Waals surface area contributed by atoms with Crippen molar-refractivity contribution in [3.8, 4) is 11.3 Å². The molecule has 0 unspecified atom stereocenters. The number of aromatic nitrogens is 2. The molecular weight excluding hydrogens is 423 g/mol. The summed E-state index contributed by atoms with van der Waals surface area (Å²) in [6, 6.07) is 15.7. The number of benzene rings is 2. The van der Waals surface area contributed by atoms with Gasteiger partial charge in [-0.2, -0.15) is 13.2 Å². The van der Waals surface area contributed by atoms with Gasteiger partial charge in [-0.1, -0.05) is 65.8 Å². The number of thioether (sulfide) groups is 1. The molecule has 0 saturated heterocycles. The van der Waals surface area contributed by atoms with E-state index in [4.69, 9.17) is 11.6 Å². The molecule has 1 amide bonds. The molecule has 0 aliphatic rings. The number of carbonyl (C=O) groups excluding carboxylic acids is 1. The lowest BCUT2D eigenvalue weighted by molar-refractivity contribution is -0.141. The van der Waals surface area contributed by atoms with E-state index in [0.717, 1.165) is 21.9 Å². The van der Waals surface area contributed by atoms with Crippen LogP contribution < -0.4 is 5.32 Å². The smallest absolute Gasteiger partial charge is 0.351 e. The van der Waals surface area contributed by atoms with Gasteiger partial charge in [-0.05, 0) is 23.3 Å². The summed E-state index contributed by atoms with van der Waals surface area (Å²) in [5.74, 6) is -0.343. The van der Waals surface area contributed by atoms with Crippen LogP contribution in [0.2, 0.25) is 5.02 Å². The molecule has 0 atom stereocenters. The van der Waals surface area contributed by atoms with Crippen LogP contribution in [0.15, 0.2) is 66.0 Å².